The third kappa shape index (κ3) is 5.13. The molecule has 0 aromatic heterocycles. The first-order valence-corrected chi connectivity index (χ1v) is 12.2. The van der Waals surface area contributed by atoms with Crippen molar-refractivity contribution >= 4 is 51.7 Å². The predicted octanol–water partition coefficient (Wildman–Crippen LogP) is 5.66. The molecule has 3 aromatic rings. The third-order valence-corrected chi connectivity index (χ3v) is 7.13. The number of thioether (sulfide) groups is 1. The lowest BCUT2D eigenvalue weighted by atomic mass is 9.99. The summed E-state index contributed by atoms with van der Waals surface area (Å²) in [7, 11) is 0. The van der Waals surface area contributed by atoms with E-state index in [9.17, 15) is 14.0 Å². The van der Waals surface area contributed by atoms with Crippen LogP contribution in [0.15, 0.2) is 89.0 Å². The Bertz CT molecular complexity index is 1330. The second-order valence-corrected chi connectivity index (χ2v) is 9.69. The van der Waals surface area contributed by atoms with Gasteiger partial charge in [0.05, 0.1) is 16.8 Å². The Morgan fingerprint density at radius 3 is 2.51 bits per heavy atom. The first-order chi connectivity index (χ1) is 17.0. The Balaban J connectivity index is 1.32. The Kier molecular flexibility index (Phi) is 6.66. The zero-order valence-electron chi connectivity index (χ0n) is 18.4. The first-order valence-electron chi connectivity index (χ1n) is 11.0. The maximum atomic E-state index is 13.4. The molecular formula is C26H20ClFN4O2S. The van der Waals surface area contributed by atoms with Crippen molar-refractivity contribution in [3.63, 3.8) is 0 Å². The number of halogens is 2. The van der Waals surface area contributed by atoms with E-state index in [1.54, 1.807) is 5.01 Å². The molecule has 0 radical (unpaired) electrons. The lowest BCUT2D eigenvalue weighted by Gasteiger charge is -2.23. The van der Waals surface area contributed by atoms with Crippen LogP contribution >= 0.6 is 23.4 Å². The zero-order chi connectivity index (χ0) is 24.4. The minimum atomic E-state index is -0.673. The molecule has 2 aliphatic heterocycles. The summed E-state index contributed by atoms with van der Waals surface area (Å²) in [5, 5.41) is 8.98. The van der Waals surface area contributed by atoms with E-state index in [-0.39, 0.29) is 29.3 Å². The number of rotatable bonds is 5. The third-order valence-electron chi connectivity index (χ3n) is 5.70. The number of hydrogen-bond donors (Lipinski definition) is 1. The van der Waals surface area contributed by atoms with Gasteiger partial charge in [0.1, 0.15) is 11.1 Å². The minimum absolute atomic E-state index is 0.0788. The summed E-state index contributed by atoms with van der Waals surface area (Å²) in [4.78, 5) is 29.5. The second kappa shape index (κ2) is 10.0. The lowest BCUT2D eigenvalue weighted by molar-refractivity contribution is -0.121. The Hall–Kier alpha value is -3.49. The molecular weight excluding hydrogens is 487 g/mol. The lowest BCUT2D eigenvalue weighted by Crippen LogP contribution is -2.25. The molecule has 0 fully saturated rings. The number of amidine groups is 1. The molecule has 35 heavy (non-hydrogen) atoms. The normalized spacial score (nSPS) is 19.5. The topological polar surface area (TPSA) is 74.1 Å². The molecule has 0 bridgehead atoms. The number of nitrogens with one attached hydrogen (secondary N) is 1. The van der Waals surface area contributed by atoms with E-state index >= 15 is 0 Å². The van der Waals surface area contributed by atoms with Crippen LogP contribution in [0.3, 0.4) is 0 Å². The van der Waals surface area contributed by atoms with Crippen LogP contribution in [0.5, 0.6) is 0 Å². The SMILES string of the molecule is O=C(CC1SC(N2N=C(c3ccccc3)CC2c2ccccc2)=NC1=O)Nc1ccc(F)c(Cl)c1. The van der Waals surface area contributed by atoms with Crippen molar-refractivity contribution < 1.29 is 14.0 Å². The van der Waals surface area contributed by atoms with Gasteiger partial charge >= 0.3 is 0 Å². The number of anilines is 1. The second-order valence-electron chi connectivity index (χ2n) is 8.11. The van der Waals surface area contributed by atoms with Crippen molar-refractivity contribution in [2.75, 3.05) is 5.32 Å². The van der Waals surface area contributed by atoms with Gasteiger partial charge in [-0.15, -0.1) is 0 Å². The fourth-order valence-electron chi connectivity index (χ4n) is 3.99. The van der Waals surface area contributed by atoms with Crippen molar-refractivity contribution in [3.8, 4) is 0 Å². The monoisotopic (exact) mass is 506 g/mol. The van der Waals surface area contributed by atoms with E-state index in [4.69, 9.17) is 16.7 Å². The van der Waals surface area contributed by atoms with Gasteiger partial charge in [-0.2, -0.15) is 10.1 Å². The number of carbonyl (C=O) groups is 2. The van der Waals surface area contributed by atoms with Crippen LogP contribution < -0.4 is 5.32 Å². The smallest absolute Gasteiger partial charge is 0.262 e. The highest BCUT2D eigenvalue weighted by Crippen LogP contribution is 2.38. The summed E-state index contributed by atoms with van der Waals surface area (Å²) < 4.78 is 13.4. The number of hydrazone groups is 1. The van der Waals surface area contributed by atoms with Gasteiger partial charge < -0.3 is 5.32 Å². The standard InChI is InChI=1S/C26H20ClFN4O2S/c27-19-13-18(11-12-20(19)28)29-24(33)15-23-25(34)30-26(35-23)32-22(17-9-5-2-6-10-17)14-21(31-32)16-7-3-1-4-8-16/h1-13,22-23H,14-15H2,(H,29,33). The highest BCUT2D eigenvalue weighted by atomic mass is 35.5. The molecule has 2 unspecified atom stereocenters. The minimum Gasteiger partial charge on any atom is -0.326 e. The molecule has 0 saturated carbocycles. The van der Waals surface area contributed by atoms with Crippen molar-refractivity contribution in [1.82, 2.24) is 5.01 Å². The van der Waals surface area contributed by atoms with Crippen LogP contribution in [0.1, 0.15) is 30.0 Å². The predicted molar refractivity (Wildman–Crippen MR) is 137 cm³/mol. The summed E-state index contributed by atoms with van der Waals surface area (Å²) in [6.45, 7) is 0. The van der Waals surface area contributed by atoms with Crippen molar-refractivity contribution in [3.05, 3.63) is 101 Å². The van der Waals surface area contributed by atoms with E-state index in [0.717, 1.165) is 16.8 Å². The molecule has 9 heteroatoms. The Morgan fingerprint density at radius 2 is 1.80 bits per heavy atom. The fourth-order valence-corrected chi connectivity index (χ4v) is 5.23. The molecule has 6 nitrogen and oxygen atoms in total. The molecule has 0 saturated heterocycles. The van der Waals surface area contributed by atoms with Gasteiger partial charge in [-0.1, -0.05) is 84.0 Å². The van der Waals surface area contributed by atoms with Crippen LogP contribution in [0, 0.1) is 5.82 Å². The fraction of sp³-hybridized carbons (Fsp3) is 0.154. The first kappa shape index (κ1) is 23.3. The number of amides is 2. The molecule has 2 amide bonds. The van der Waals surface area contributed by atoms with Gasteiger partial charge in [-0.3, -0.25) is 9.59 Å². The maximum absolute atomic E-state index is 13.4. The molecule has 3 aromatic carbocycles. The highest BCUT2D eigenvalue weighted by molar-refractivity contribution is 8.15. The Labute approximate surface area is 210 Å². The number of aliphatic imine (C=N–C) groups is 1. The van der Waals surface area contributed by atoms with Crippen LogP contribution in [-0.4, -0.2) is 33.0 Å². The summed E-state index contributed by atoms with van der Waals surface area (Å²) in [6, 6.07) is 23.7. The van der Waals surface area contributed by atoms with E-state index in [1.807, 2.05) is 60.7 Å². The molecule has 176 valence electrons. The van der Waals surface area contributed by atoms with Crippen LogP contribution in [0.4, 0.5) is 10.1 Å². The van der Waals surface area contributed by atoms with Crippen LogP contribution in [-0.2, 0) is 9.59 Å². The van der Waals surface area contributed by atoms with E-state index in [2.05, 4.69) is 10.3 Å². The molecule has 2 heterocycles. The Morgan fingerprint density at radius 1 is 1.09 bits per heavy atom. The van der Waals surface area contributed by atoms with E-state index in [1.165, 1.54) is 30.0 Å². The summed E-state index contributed by atoms with van der Waals surface area (Å²) in [5.74, 6) is -1.34. The van der Waals surface area contributed by atoms with Gasteiger partial charge in [0, 0.05) is 18.5 Å². The average Bonchev–Trinajstić information content (AvgIpc) is 3.47. The summed E-state index contributed by atoms with van der Waals surface area (Å²) >= 11 is 7.01. The van der Waals surface area contributed by atoms with Crippen molar-refractivity contribution in [1.29, 1.82) is 0 Å². The van der Waals surface area contributed by atoms with Gasteiger partial charge in [0.25, 0.3) is 5.91 Å². The van der Waals surface area contributed by atoms with E-state index < -0.39 is 11.1 Å². The summed E-state index contributed by atoms with van der Waals surface area (Å²) in [6.07, 6.45) is 0.586. The molecule has 2 aliphatic rings. The highest BCUT2D eigenvalue weighted by Gasteiger charge is 2.39. The van der Waals surface area contributed by atoms with Gasteiger partial charge in [-0.25, -0.2) is 9.40 Å². The molecule has 2 atom stereocenters. The molecule has 0 spiro atoms. The molecule has 5 rings (SSSR count). The van der Waals surface area contributed by atoms with Crippen molar-refractivity contribution in [2.24, 2.45) is 10.1 Å². The molecule has 1 N–H and O–H groups in total. The molecule has 0 aliphatic carbocycles. The average molecular weight is 507 g/mol. The van der Waals surface area contributed by atoms with Crippen molar-refractivity contribution in [2.45, 2.75) is 24.1 Å². The van der Waals surface area contributed by atoms with Gasteiger partial charge in [-0.05, 0) is 29.3 Å². The number of benzene rings is 3. The summed E-state index contributed by atoms with van der Waals surface area (Å²) in [5.41, 5.74) is 3.34. The zero-order valence-corrected chi connectivity index (χ0v) is 20.0. The largest absolute Gasteiger partial charge is 0.326 e. The van der Waals surface area contributed by atoms with Gasteiger partial charge in [0.2, 0.25) is 5.91 Å². The maximum Gasteiger partial charge on any atom is 0.262 e. The van der Waals surface area contributed by atoms with Gasteiger partial charge in [0.15, 0.2) is 5.17 Å². The number of hydrogen-bond acceptors (Lipinski definition) is 5. The van der Waals surface area contributed by atoms with Crippen LogP contribution in [0.25, 0.3) is 0 Å². The number of carbonyl (C=O) groups excluding carboxylic acids is 2. The quantitative estimate of drug-likeness (QED) is 0.484. The van der Waals surface area contributed by atoms with E-state index in [0.29, 0.717) is 17.3 Å². The number of nitrogens with zero attached hydrogens (tertiary/aromatic N) is 3. The van der Waals surface area contributed by atoms with Crippen LogP contribution in [0.2, 0.25) is 5.02 Å².